The molecule has 0 bridgehead atoms. The van der Waals surface area contributed by atoms with Crippen LogP contribution in [-0.4, -0.2) is 0 Å². The first kappa shape index (κ1) is 14.3. The summed E-state index contributed by atoms with van der Waals surface area (Å²) in [6, 6.07) is 9.86. The van der Waals surface area contributed by atoms with Crippen LogP contribution < -0.4 is 10.3 Å². The zero-order chi connectivity index (χ0) is 15.9. The molecular weight excluding hydrogens is 295 g/mol. The summed E-state index contributed by atoms with van der Waals surface area (Å²) in [7, 11) is 0. The Labute approximate surface area is 123 Å². The summed E-state index contributed by atoms with van der Waals surface area (Å²) >= 11 is 0. The largest absolute Gasteiger partial charge is 0.608 e. The molecule has 1 heterocycles. The minimum absolute atomic E-state index is 0.104. The molecule has 3 aromatic rings. The smallest absolute Gasteiger partial charge is 0.371 e. The summed E-state index contributed by atoms with van der Waals surface area (Å²) < 4.78 is 44.6. The highest BCUT2D eigenvalue weighted by Crippen LogP contribution is 2.29. The number of hydrogen-bond acceptors (Lipinski definition) is 2. The van der Waals surface area contributed by atoms with E-state index in [2.05, 4.69) is 0 Å². The Morgan fingerprint density at radius 3 is 2.55 bits per heavy atom. The molecule has 0 amide bonds. The number of aryl methyl sites for hydroxylation is 1. The van der Waals surface area contributed by atoms with Gasteiger partial charge in [0, 0.05) is 12.1 Å². The van der Waals surface area contributed by atoms with Crippen molar-refractivity contribution >= 4 is 11.0 Å². The van der Waals surface area contributed by atoms with Crippen molar-refractivity contribution in [3.63, 3.8) is 0 Å². The van der Waals surface area contributed by atoms with Gasteiger partial charge in [0.25, 0.3) is 0 Å². The molecule has 0 aliphatic carbocycles. The number of nitrogens with zero attached hydrogens (tertiary/aromatic N) is 1. The average molecular weight is 306 g/mol. The number of rotatable bonds is 1. The number of aromatic nitrogens is 1. The minimum atomic E-state index is -4.47. The lowest BCUT2D eigenvalue weighted by atomic mass is 10.1. The summed E-state index contributed by atoms with van der Waals surface area (Å²) in [5, 5.41) is 0.636. The average Bonchev–Trinajstić information content (AvgIpc) is 2.47. The fraction of sp³-hybridized carbons (Fsp3) is 0.125. The molecule has 0 spiro atoms. The van der Waals surface area contributed by atoms with Crippen LogP contribution in [0.15, 0.2) is 57.9 Å². The Morgan fingerprint density at radius 1 is 1.09 bits per heavy atom. The van der Waals surface area contributed by atoms with Crippen LogP contribution in [0.25, 0.3) is 16.7 Å². The summed E-state index contributed by atoms with van der Waals surface area (Å²) in [6.45, 7) is 1.79. The molecule has 0 aliphatic rings. The van der Waals surface area contributed by atoms with E-state index in [1.807, 2.05) is 0 Å². The van der Waals surface area contributed by atoms with Gasteiger partial charge >= 0.3 is 11.9 Å². The molecule has 0 saturated carbocycles. The van der Waals surface area contributed by atoms with Crippen LogP contribution in [-0.2, 0) is 6.18 Å². The first-order valence-electron chi connectivity index (χ1n) is 6.49. The fourth-order valence-electron chi connectivity index (χ4n) is 2.26. The Kier molecular flexibility index (Phi) is 3.24. The van der Waals surface area contributed by atoms with Gasteiger partial charge in [-0.05, 0) is 24.6 Å². The van der Waals surface area contributed by atoms with Gasteiger partial charge in [-0.25, -0.2) is 0 Å². The number of fused-ring (bicyclic) bond motifs is 1. The van der Waals surface area contributed by atoms with Gasteiger partial charge in [-0.3, -0.25) is 0 Å². The van der Waals surface area contributed by atoms with E-state index in [1.165, 1.54) is 18.3 Å². The normalized spacial score (nSPS) is 11.8. The highest BCUT2D eigenvalue weighted by Gasteiger charge is 2.32. The molecule has 0 unspecified atom stereocenters. The lowest BCUT2D eigenvalue weighted by Gasteiger charge is -2.05. The summed E-state index contributed by atoms with van der Waals surface area (Å²) in [6.07, 6.45) is -2.99. The molecular formula is C16H11F3NO2+. The molecule has 0 N–H and O–H groups in total. The number of para-hydroxylation sites is 1. The highest BCUT2D eigenvalue weighted by molar-refractivity contribution is 5.77. The van der Waals surface area contributed by atoms with E-state index in [-0.39, 0.29) is 5.69 Å². The van der Waals surface area contributed by atoms with E-state index in [0.29, 0.717) is 11.0 Å². The molecule has 2 aromatic carbocycles. The molecule has 112 valence electrons. The predicted molar refractivity (Wildman–Crippen MR) is 73.8 cm³/mol. The Hall–Kier alpha value is -2.63. The number of hydrogen-bond donors (Lipinski definition) is 0. The third-order valence-corrected chi connectivity index (χ3v) is 3.35. The summed E-state index contributed by atoms with van der Waals surface area (Å²) in [5.74, 6) is -0.735. The van der Waals surface area contributed by atoms with Gasteiger partial charge in [-0.2, -0.15) is 18.0 Å². The maximum atomic E-state index is 12.8. The highest BCUT2D eigenvalue weighted by atomic mass is 19.4. The third-order valence-electron chi connectivity index (χ3n) is 3.35. The van der Waals surface area contributed by atoms with E-state index >= 15 is 0 Å². The molecule has 3 nitrogen and oxygen atoms in total. The molecule has 0 saturated heterocycles. The second kappa shape index (κ2) is 4.98. The number of alkyl halides is 3. The van der Waals surface area contributed by atoms with Gasteiger partial charge < -0.3 is 4.42 Å². The van der Waals surface area contributed by atoms with Crippen molar-refractivity contribution in [2.24, 2.45) is 0 Å². The maximum Gasteiger partial charge on any atom is 0.608 e. The molecule has 22 heavy (non-hydrogen) atoms. The fourth-order valence-corrected chi connectivity index (χ4v) is 2.26. The van der Waals surface area contributed by atoms with E-state index in [1.54, 1.807) is 25.1 Å². The lowest BCUT2D eigenvalue weighted by Crippen LogP contribution is -2.46. The molecule has 0 atom stereocenters. The van der Waals surface area contributed by atoms with Crippen molar-refractivity contribution in [3.05, 3.63) is 70.3 Å². The molecule has 6 heteroatoms. The summed E-state index contributed by atoms with van der Waals surface area (Å²) in [4.78, 5) is 12.1. The van der Waals surface area contributed by atoms with Crippen LogP contribution in [0.2, 0.25) is 0 Å². The van der Waals surface area contributed by atoms with Crippen molar-refractivity contribution in [1.29, 1.82) is 0 Å². The van der Waals surface area contributed by atoms with E-state index in [4.69, 9.17) is 4.42 Å². The predicted octanol–water partition coefficient (Wildman–Crippen LogP) is 3.40. The van der Waals surface area contributed by atoms with Crippen molar-refractivity contribution in [3.8, 4) is 5.69 Å². The van der Waals surface area contributed by atoms with Crippen molar-refractivity contribution in [2.45, 2.75) is 13.1 Å². The molecule has 1 aromatic heterocycles. The minimum Gasteiger partial charge on any atom is -0.371 e. The number of halogens is 3. The van der Waals surface area contributed by atoms with Gasteiger partial charge in [0.05, 0.1) is 10.9 Å². The zero-order valence-electron chi connectivity index (χ0n) is 11.5. The van der Waals surface area contributed by atoms with Gasteiger partial charge in [0.1, 0.15) is 0 Å². The lowest BCUT2D eigenvalue weighted by molar-refractivity contribution is -0.623. The van der Waals surface area contributed by atoms with Crippen molar-refractivity contribution in [2.75, 3.05) is 0 Å². The molecule has 0 fully saturated rings. The monoisotopic (exact) mass is 306 g/mol. The molecule has 0 radical (unpaired) electrons. The van der Waals surface area contributed by atoms with E-state index in [9.17, 15) is 18.0 Å². The van der Waals surface area contributed by atoms with Gasteiger partial charge in [-0.1, -0.05) is 22.8 Å². The molecule has 3 rings (SSSR count). The second-order valence-electron chi connectivity index (χ2n) is 4.91. The summed E-state index contributed by atoms with van der Waals surface area (Å²) in [5.41, 5.74) is 0.495. The topological polar surface area (TPSA) is 34.1 Å². The Morgan fingerprint density at radius 2 is 1.82 bits per heavy atom. The van der Waals surface area contributed by atoms with Crippen LogP contribution in [0.5, 0.6) is 0 Å². The number of benzene rings is 2. The van der Waals surface area contributed by atoms with Crippen LogP contribution in [0.1, 0.15) is 11.1 Å². The van der Waals surface area contributed by atoms with Crippen LogP contribution in [0, 0.1) is 6.92 Å². The van der Waals surface area contributed by atoms with Crippen LogP contribution >= 0.6 is 0 Å². The van der Waals surface area contributed by atoms with Gasteiger partial charge in [0.15, 0.2) is 11.8 Å². The quantitative estimate of drug-likeness (QED) is 0.646. The maximum absolute atomic E-state index is 12.8. The van der Waals surface area contributed by atoms with Crippen LogP contribution in [0.3, 0.4) is 0 Å². The third kappa shape index (κ3) is 2.47. The Bertz CT molecular complexity index is 913. The van der Waals surface area contributed by atoms with Crippen LogP contribution in [0.4, 0.5) is 13.2 Å². The van der Waals surface area contributed by atoms with Crippen molar-refractivity contribution in [1.82, 2.24) is 0 Å². The van der Waals surface area contributed by atoms with Gasteiger partial charge in [-0.15, -0.1) is 0 Å². The SMILES string of the molecule is Cc1cccc2c[n+](-c3cccc(C(F)(F)F)c3)c(=O)oc12. The first-order valence-corrected chi connectivity index (χ1v) is 6.49. The van der Waals surface area contributed by atoms with Crippen molar-refractivity contribution < 1.29 is 22.2 Å². The van der Waals surface area contributed by atoms with E-state index < -0.39 is 17.5 Å². The first-order chi connectivity index (χ1) is 10.4. The van der Waals surface area contributed by atoms with Gasteiger partial charge in [0.2, 0.25) is 5.69 Å². The Balaban J connectivity index is 2.23. The molecule has 0 aliphatic heterocycles. The van der Waals surface area contributed by atoms with E-state index in [0.717, 1.165) is 22.3 Å². The zero-order valence-corrected chi connectivity index (χ0v) is 11.5. The second-order valence-corrected chi connectivity index (χ2v) is 4.91. The standard InChI is InChI=1S/C16H11F3NO2/c1-10-4-2-5-11-9-20(15(21)22-14(10)11)13-7-3-6-12(8-13)16(17,18)19/h2-9H,1H3/q+1.